The maximum absolute atomic E-state index is 11.8. The Kier molecular flexibility index (Phi) is 3.19. The van der Waals surface area contributed by atoms with Gasteiger partial charge in [-0.2, -0.15) is 0 Å². The summed E-state index contributed by atoms with van der Waals surface area (Å²) in [5.74, 6) is 0.719. The van der Waals surface area contributed by atoms with E-state index < -0.39 is 0 Å². The van der Waals surface area contributed by atoms with Crippen LogP contribution in [0.1, 0.15) is 35.8 Å². The minimum atomic E-state index is -0.0194. The quantitative estimate of drug-likeness (QED) is 0.799. The topological polar surface area (TPSA) is 68.0 Å². The number of carbonyl (C=O) groups excluding carboxylic acids is 1. The van der Waals surface area contributed by atoms with Crippen molar-refractivity contribution in [1.82, 2.24) is 10.3 Å². The third-order valence-corrected chi connectivity index (χ3v) is 3.00. The molecule has 3 N–H and O–H groups in total. The highest BCUT2D eigenvalue weighted by Gasteiger charge is 2.26. The zero-order chi connectivity index (χ0) is 11.5. The third kappa shape index (κ3) is 2.39. The van der Waals surface area contributed by atoms with Crippen molar-refractivity contribution in [3.63, 3.8) is 0 Å². The Morgan fingerprint density at radius 2 is 2.38 bits per heavy atom. The number of carbonyl (C=O) groups is 1. The van der Waals surface area contributed by atoms with Crippen LogP contribution in [0.25, 0.3) is 0 Å². The molecule has 1 aliphatic rings. The number of amides is 1. The van der Waals surface area contributed by atoms with Crippen molar-refractivity contribution in [3.8, 4) is 0 Å². The zero-order valence-electron chi connectivity index (χ0n) is 9.44. The molecule has 0 spiro atoms. The Morgan fingerprint density at radius 1 is 1.62 bits per heavy atom. The minimum Gasteiger partial charge on any atom is -0.349 e. The smallest absolute Gasteiger partial charge is 0.251 e. The highest BCUT2D eigenvalue weighted by molar-refractivity contribution is 5.94. The van der Waals surface area contributed by atoms with E-state index in [1.807, 2.05) is 0 Å². The zero-order valence-corrected chi connectivity index (χ0v) is 9.44. The molecule has 1 fully saturated rings. The van der Waals surface area contributed by atoms with Crippen molar-refractivity contribution in [2.75, 3.05) is 0 Å². The van der Waals surface area contributed by atoms with Crippen molar-refractivity contribution in [2.24, 2.45) is 11.7 Å². The molecule has 0 bridgehead atoms. The standard InChI is InChI=1S/C12H17N3O/c1-8-4-10(5-8)15-12(16)9-2-3-14-11(6-9)7-13/h2-3,6,8,10H,4-5,7,13H2,1H3,(H,15,16). The Balaban J connectivity index is 1.97. The van der Waals surface area contributed by atoms with Crippen molar-refractivity contribution in [2.45, 2.75) is 32.4 Å². The maximum Gasteiger partial charge on any atom is 0.251 e. The number of hydrogen-bond acceptors (Lipinski definition) is 3. The fourth-order valence-electron chi connectivity index (χ4n) is 2.02. The second kappa shape index (κ2) is 4.61. The lowest BCUT2D eigenvalue weighted by molar-refractivity contribution is 0.0896. The summed E-state index contributed by atoms with van der Waals surface area (Å²) in [5, 5.41) is 3.01. The van der Waals surface area contributed by atoms with Crippen LogP contribution in [0.4, 0.5) is 0 Å². The predicted octanol–water partition coefficient (Wildman–Crippen LogP) is 1.07. The lowest BCUT2D eigenvalue weighted by Crippen LogP contribution is -2.43. The fraction of sp³-hybridized carbons (Fsp3) is 0.500. The third-order valence-electron chi connectivity index (χ3n) is 3.00. The summed E-state index contributed by atoms with van der Waals surface area (Å²) >= 11 is 0. The second-order valence-electron chi connectivity index (χ2n) is 4.49. The molecule has 4 heteroatoms. The van der Waals surface area contributed by atoms with Crippen LogP contribution < -0.4 is 11.1 Å². The van der Waals surface area contributed by atoms with E-state index in [2.05, 4.69) is 17.2 Å². The van der Waals surface area contributed by atoms with Crippen LogP contribution in [0.3, 0.4) is 0 Å². The molecule has 1 aromatic heterocycles. The van der Waals surface area contributed by atoms with Crippen LogP contribution in [-0.4, -0.2) is 16.9 Å². The van der Waals surface area contributed by atoms with Gasteiger partial charge in [0, 0.05) is 24.3 Å². The maximum atomic E-state index is 11.8. The number of hydrogen-bond donors (Lipinski definition) is 2. The summed E-state index contributed by atoms with van der Waals surface area (Å²) in [4.78, 5) is 15.9. The van der Waals surface area contributed by atoms with E-state index in [9.17, 15) is 4.79 Å². The first kappa shape index (κ1) is 11.1. The molecule has 1 aliphatic carbocycles. The number of rotatable bonds is 3. The molecule has 0 aromatic carbocycles. The number of pyridine rings is 1. The first-order valence-electron chi connectivity index (χ1n) is 5.65. The number of aromatic nitrogens is 1. The van der Waals surface area contributed by atoms with E-state index >= 15 is 0 Å². The van der Waals surface area contributed by atoms with Crippen molar-refractivity contribution in [3.05, 3.63) is 29.6 Å². The molecule has 0 unspecified atom stereocenters. The molecular weight excluding hydrogens is 202 g/mol. The summed E-state index contributed by atoms with van der Waals surface area (Å²) in [5.41, 5.74) is 6.87. The van der Waals surface area contributed by atoms with Crippen LogP contribution in [0, 0.1) is 5.92 Å². The molecule has 16 heavy (non-hydrogen) atoms. The normalized spacial score (nSPS) is 23.6. The molecule has 1 heterocycles. The van der Waals surface area contributed by atoms with E-state index in [0.717, 1.165) is 24.5 Å². The van der Waals surface area contributed by atoms with E-state index in [1.54, 1.807) is 18.3 Å². The molecule has 1 aromatic rings. The van der Waals surface area contributed by atoms with Crippen LogP contribution in [0.15, 0.2) is 18.3 Å². The number of nitrogens with zero attached hydrogens (tertiary/aromatic N) is 1. The molecule has 4 nitrogen and oxygen atoms in total. The average Bonchev–Trinajstić information content (AvgIpc) is 2.27. The van der Waals surface area contributed by atoms with Gasteiger partial charge in [0.2, 0.25) is 0 Å². The number of nitrogens with one attached hydrogen (secondary N) is 1. The van der Waals surface area contributed by atoms with Gasteiger partial charge in [0.25, 0.3) is 5.91 Å². The molecule has 0 atom stereocenters. The van der Waals surface area contributed by atoms with Gasteiger partial charge in [-0.1, -0.05) is 6.92 Å². The van der Waals surface area contributed by atoms with Gasteiger partial charge in [0.15, 0.2) is 0 Å². The van der Waals surface area contributed by atoms with E-state index in [4.69, 9.17) is 5.73 Å². The molecule has 0 aliphatic heterocycles. The molecule has 0 saturated heterocycles. The summed E-state index contributed by atoms with van der Waals surface area (Å²) in [6.07, 6.45) is 3.79. The van der Waals surface area contributed by atoms with Crippen molar-refractivity contribution < 1.29 is 4.79 Å². The van der Waals surface area contributed by atoms with Gasteiger partial charge in [0.1, 0.15) is 0 Å². The van der Waals surface area contributed by atoms with Gasteiger partial charge >= 0.3 is 0 Å². The van der Waals surface area contributed by atoms with Crippen molar-refractivity contribution in [1.29, 1.82) is 0 Å². The highest BCUT2D eigenvalue weighted by atomic mass is 16.1. The summed E-state index contributed by atoms with van der Waals surface area (Å²) in [7, 11) is 0. The SMILES string of the molecule is CC1CC(NC(=O)c2ccnc(CN)c2)C1. The predicted molar refractivity (Wildman–Crippen MR) is 61.8 cm³/mol. The Labute approximate surface area is 95.3 Å². The second-order valence-corrected chi connectivity index (χ2v) is 4.49. The van der Waals surface area contributed by atoms with Gasteiger partial charge in [-0.15, -0.1) is 0 Å². The van der Waals surface area contributed by atoms with Gasteiger partial charge in [-0.25, -0.2) is 0 Å². The molecule has 1 saturated carbocycles. The van der Waals surface area contributed by atoms with Gasteiger partial charge in [0.05, 0.1) is 5.69 Å². The Morgan fingerprint density at radius 3 is 3.00 bits per heavy atom. The van der Waals surface area contributed by atoms with Crippen LogP contribution in [0.5, 0.6) is 0 Å². The van der Waals surface area contributed by atoms with E-state index in [1.165, 1.54) is 0 Å². The van der Waals surface area contributed by atoms with E-state index in [0.29, 0.717) is 18.2 Å². The Bertz CT molecular complexity index is 386. The number of nitrogens with two attached hydrogens (primary N) is 1. The lowest BCUT2D eigenvalue weighted by atomic mass is 9.82. The van der Waals surface area contributed by atoms with Crippen molar-refractivity contribution >= 4 is 5.91 Å². The summed E-state index contributed by atoms with van der Waals surface area (Å²) < 4.78 is 0. The molecular formula is C12H17N3O. The first-order valence-corrected chi connectivity index (χ1v) is 5.65. The minimum absolute atomic E-state index is 0.0194. The summed E-state index contributed by atoms with van der Waals surface area (Å²) in [6, 6.07) is 3.81. The van der Waals surface area contributed by atoms with E-state index in [-0.39, 0.29) is 5.91 Å². The Hall–Kier alpha value is -1.42. The molecule has 2 rings (SSSR count). The lowest BCUT2D eigenvalue weighted by Gasteiger charge is -2.33. The van der Waals surface area contributed by atoms with Crippen LogP contribution in [0.2, 0.25) is 0 Å². The van der Waals surface area contributed by atoms with Gasteiger partial charge in [-0.05, 0) is 30.9 Å². The van der Waals surface area contributed by atoms with Crippen LogP contribution >= 0.6 is 0 Å². The van der Waals surface area contributed by atoms with Gasteiger partial charge < -0.3 is 11.1 Å². The summed E-state index contributed by atoms with van der Waals surface area (Å²) in [6.45, 7) is 2.56. The average molecular weight is 219 g/mol. The molecule has 1 amide bonds. The van der Waals surface area contributed by atoms with Crippen LogP contribution in [-0.2, 0) is 6.54 Å². The fourth-order valence-corrected chi connectivity index (χ4v) is 2.02. The highest BCUT2D eigenvalue weighted by Crippen LogP contribution is 2.26. The molecule has 86 valence electrons. The largest absolute Gasteiger partial charge is 0.349 e. The first-order chi connectivity index (χ1) is 7.69. The monoisotopic (exact) mass is 219 g/mol. The van der Waals surface area contributed by atoms with Gasteiger partial charge in [-0.3, -0.25) is 9.78 Å². The molecule has 0 radical (unpaired) electrons.